The van der Waals surface area contributed by atoms with Crippen LogP contribution in [0, 0.1) is 16.7 Å². The summed E-state index contributed by atoms with van der Waals surface area (Å²) in [6.07, 6.45) is 1.14. The second-order valence-electron chi connectivity index (χ2n) is 5.73. The Labute approximate surface area is 109 Å². The van der Waals surface area contributed by atoms with Crippen LogP contribution in [0.5, 0.6) is 0 Å². The summed E-state index contributed by atoms with van der Waals surface area (Å²) in [5.74, 6) is 0. The SMILES string of the molecule is CN1CCc2cc(CNCC(C)(C)C#N)ccc21. The minimum atomic E-state index is -0.295. The van der Waals surface area contributed by atoms with Crippen LogP contribution in [-0.2, 0) is 13.0 Å². The van der Waals surface area contributed by atoms with Gasteiger partial charge in [0.25, 0.3) is 0 Å². The van der Waals surface area contributed by atoms with Crippen LogP contribution in [0.1, 0.15) is 25.0 Å². The third kappa shape index (κ3) is 2.83. The third-order valence-corrected chi connectivity index (χ3v) is 3.47. The quantitative estimate of drug-likeness (QED) is 0.882. The van der Waals surface area contributed by atoms with Crippen molar-refractivity contribution in [2.45, 2.75) is 26.8 Å². The molecule has 1 aromatic rings. The fourth-order valence-corrected chi connectivity index (χ4v) is 2.29. The molecule has 0 radical (unpaired) electrons. The second kappa shape index (κ2) is 4.99. The fourth-order valence-electron chi connectivity index (χ4n) is 2.29. The zero-order chi connectivity index (χ0) is 13.2. The lowest BCUT2D eigenvalue weighted by molar-refractivity contribution is 0.445. The molecule has 0 saturated carbocycles. The van der Waals surface area contributed by atoms with Crippen molar-refractivity contribution in [3.05, 3.63) is 29.3 Å². The molecule has 3 heteroatoms. The van der Waals surface area contributed by atoms with Gasteiger partial charge in [0.15, 0.2) is 0 Å². The van der Waals surface area contributed by atoms with Crippen molar-refractivity contribution >= 4 is 5.69 Å². The summed E-state index contributed by atoms with van der Waals surface area (Å²) < 4.78 is 0. The van der Waals surface area contributed by atoms with Gasteiger partial charge in [0.05, 0.1) is 11.5 Å². The van der Waals surface area contributed by atoms with E-state index in [9.17, 15) is 0 Å². The van der Waals surface area contributed by atoms with Crippen LogP contribution in [0.4, 0.5) is 5.69 Å². The van der Waals surface area contributed by atoms with Crippen LogP contribution in [0.25, 0.3) is 0 Å². The molecule has 1 aromatic carbocycles. The highest BCUT2D eigenvalue weighted by molar-refractivity contribution is 5.58. The van der Waals surface area contributed by atoms with Crippen LogP contribution in [0.15, 0.2) is 18.2 Å². The number of likely N-dealkylation sites (N-methyl/N-ethyl adjacent to an activating group) is 1. The van der Waals surface area contributed by atoms with E-state index in [-0.39, 0.29) is 5.41 Å². The van der Waals surface area contributed by atoms with Crippen molar-refractivity contribution in [3.63, 3.8) is 0 Å². The summed E-state index contributed by atoms with van der Waals surface area (Å²) in [6, 6.07) is 8.97. The van der Waals surface area contributed by atoms with E-state index in [1.54, 1.807) is 0 Å². The van der Waals surface area contributed by atoms with Crippen LogP contribution < -0.4 is 10.2 Å². The van der Waals surface area contributed by atoms with Crippen LogP contribution in [-0.4, -0.2) is 20.1 Å². The monoisotopic (exact) mass is 243 g/mol. The predicted molar refractivity (Wildman–Crippen MR) is 74.5 cm³/mol. The highest BCUT2D eigenvalue weighted by Crippen LogP contribution is 2.27. The molecule has 0 aliphatic carbocycles. The maximum absolute atomic E-state index is 8.95. The highest BCUT2D eigenvalue weighted by atomic mass is 15.1. The number of nitrogens with zero attached hydrogens (tertiary/aromatic N) is 2. The standard InChI is InChI=1S/C15H21N3/c1-15(2,10-16)11-17-9-12-4-5-14-13(8-12)6-7-18(14)3/h4-5,8,17H,6-7,9,11H2,1-3H3. The van der Waals surface area contributed by atoms with Gasteiger partial charge < -0.3 is 10.2 Å². The zero-order valence-electron chi connectivity index (χ0n) is 11.5. The van der Waals surface area contributed by atoms with Gasteiger partial charge in [-0.05, 0) is 37.5 Å². The molecule has 0 amide bonds. The largest absolute Gasteiger partial charge is 0.374 e. The van der Waals surface area contributed by atoms with Crippen LogP contribution >= 0.6 is 0 Å². The van der Waals surface area contributed by atoms with Crippen molar-refractivity contribution in [1.82, 2.24) is 5.32 Å². The first-order valence-electron chi connectivity index (χ1n) is 6.47. The number of fused-ring (bicyclic) bond motifs is 1. The Morgan fingerprint density at radius 2 is 2.22 bits per heavy atom. The number of nitriles is 1. The Morgan fingerprint density at radius 1 is 1.44 bits per heavy atom. The summed E-state index contributed by atoms with van der Waals surface area (Å²) in [6.45, 7) is 6.59. The summed E-state index contributed by atoms with van der Waals surface area (Å²) in [7, 11) is 2.14. The first-order valence-corrected chi connectivity index (χ1v) is 6.47. The molecular formula is C15H21N3. The first kappa shape index (κ1) is 12.9. The number of nitrogens with one attached hydrogen (secondary N) is 1. The topological polar surface area (TPSA) is 39.1 Å². The Bertz CT molecular complexity index is 471. The summed E-state index contributed by atoms with van der Waals surface area (Å²) in [4.78, 5) is 2.30. The van der Waals surface area contributed by atoms with Crippen molar-refractivity contribution < 1.29 is 0 Å². The van der Waals surface area contributed by atoms with Crippen LogP contribution in [0.3, 0.4) is 0 Å². The van der Waals surface area contributed by atoms with E-state index in [0.29, 0.717) is 0 Å². The van der Waals surface area contributed by atoms with Gasteiger partial charge >= 0.3 is 0 Å². The maximum Gasteiger partial charge on any atom is 0.0697 e. The normalized spacial score (nSPS) is 14.4. The van der Waals surface area contributed by atoms with Gasteiger partial charge in [0.2, 0.25) is 0 Å². The molecule has 0 unspecified atom stereocenters. The van der Waals surface area contributed by atoms with Gasteiger partial charge in [-0.25, -0.2) is 0 Å². The molecule has 1 aliphatic heterocycles. The fraction of sp³-hybridized carbons (Fsp3) is 0.533. The Morgan fingerprint density at radius 3 is 2.94 bits per heavy atom. The number of benzene rings is 1. The molecule has 0 spiro atoms. The molecule has 1 heterocycles. The van der Waals surface area contributed by atoms with Crippen LogP contribution in [0.2, 0.25) is 0 Å². The van der Waals surface area contributed by atoms with E-state index in [1.807, 2.05) is 13.8 Å². The van der Waals surface area contributed by atoms with E-state index in [0.717, 1.165) is 26.1 Å². The van der Waals surface area contributed by atoms with Crippen molar-refractivity contribution in [2.24, 2.45) is 5.41 Å². The second-order valence-corrected chi connectivity index (χ2v) is 5.73. The minimum absolute atomic E-state index is 0.295. The molecule has 1 aliphatic rings. The number of rotatable bonds is 4. The summed E-state index contributed by atoms with van der Waals surface area (Å²) >= 11 is 0. The van der Waals surface area contributed by atoms with Gasteiger partial charge in [0, 0.05) is 32.4 Å². The molecule has 0 bridgehead atoms. The number of anilines is 1. The van der Waals surface area contributed by atoms with E-state index >= 15 is 0 Å². The smallest absolute Gasteiger partial charge is 0.0697 e. The van der Waals surface area contributed by atoms with Crippen molar-refractivity contribution in [2.75, 3.05) is 25.0 Å². The summed E-state index contributed by atoms with van der Waals surface area (Å²) in [5, 5.41) is 12.3. The van der Waals surface area contributed by atoms with E-state index < -0.39 is 0 Å². The first-order chi connectivity index (χ1) is 8.52. The average molecular weight is 243 g/mol. The minimum Gasteiger partial charge on any atom is -0.374 e. The van der Waals surface area contributed by atoms with Gasteiger partial charge in [-0.15, -0.1) is 0 Å². The Balaban J connectivity index is 1.94. The van der Waals surface area contributed by atoms with Gasteiger partial charge in [0.1, 0.15) is 0 Å². The molecule has 3 nitrogen and oxygen atoms in total. The highest BCUT2D eigenvalue weighted by Gasteiger charge is 2.17. The van der Waals surface area contributed by atoms with Gasteiger partial charge in [-0.1, -0.05) is 12.1 Å². The van der Waals surface area contributed by atoms with Gasteiger partial charge in [-0.2, -0.15) is 5.26 Å². The lowest BCUT2D eigenvalue weighted by atomic mass is 9.96. The molecule has 0 saturated heterocycles. The Kier molecular flexibility index (Phi) is 3.58. The lowest BCUT2D eigenvalue weighted by Crippen LogP contribution is -2.27. The van der Waals surface area contributed by atoms with E-state index in [4.69, 9.17) is 5.26 Å². The molecule has 18 heavy (non-hydrogen) atoms. The molecule has 0 atom stereocenters. The van der Waals surface area contributed by atoms with E-state index in [1.165, 1.54) is 16.8 Å². The molecule has 1 N–H and O–H groups in total. The molecular weight excluding hydrogens is 222 g/mol. The Hall–Kier alpha value is -1.53. The number of hydrogen-bond donors (Lipinski definition) is 1. The number of hydrogen-bond acceptors (Lipinski definition) is 3. The van der Waals surface area contributed by atoms with E-state index in [2.05, 4.69) is 41.5 Å². The lowest BCUT2D eigenvalue weighted by Gasteiger charge is -2.16. The molecule has 96 valence electrons. The van der Waals surface area contributed by atoms with Crippen molar-refractivity contribution in [3.8, 4) is 6.07 Å². The zero-order valence-corrected chi connectivity index (χ0v) is 11.5. The molecule has 2 rings (SSSR count). The van der Waals surface area contributed by atoms with Crippen molar-refractivity contribution in [1.29, 1.82) is 5.26 Å². The average Bonchev–Trinajstić information content (AvgIpc) is 2.71. The molecule has 0 fully saturated rings. The third-order valence-electron chi connectivity index (χ3n) is 3.47. The summed E-state index contributed by atoms with van der Waals surface area (Å²) in [5.41, 5.74) is 3.81. The van der Waals surface area contributed by atoms with Gasteiger partial charge in [-0.3, -0.25) is 0 Å². The molecule has 0 aromatic heterocycles. The predicted octanol–water partition coefficient (Wildman–Crippen LogP) is 2.32. The maximum atomic E-state index is 8.95.